The molecule has 0 unspecified atom stereocenters. The van der Waals surface area contributed by atoms with Crippen molar-refractivity contribution in [1.29, 1.82) is 0 Å². The molecule has 1 aromatic carbocycles. The minimum absolute atomic E-state index is 0.0748. The van der Waals surface area contributed by atoms with Gasteiger partial charge in [-0.25, -0.2) is 0 Å². The number of benzene rings is 1. The molecule has 0 saturated carbocycles. The monoisotopic (exact) mass is 590 g/mol. The van der Waals surface area contributed by atoms with E-state index in [4.69, 9.17) is 21.1 Å². The summed E-state index contributed by atoms with van der Waals surface area (Å²) in [5.41, 5.74) is 0.534. The Hall–Kier alpha value is -0.130. The fourth-order valence-electron chi connectivity index (χ4n) is 3.81. The molecule has 35 heavy (non-hydrogen) atoms. The Labute approximate surface area is 220 Å². The van der Waals surface area contributed by atoms with Crippen LogP contribution >= 0.6 is 35.1 Å². The first-order chi connectivity index (χ1) is 16.5. The molecule has 2 heterocycles. The zero-order chi connectivity index (χ0) is 25.5. The number of thioether (sulfide) groups is 2. The third-order valence-corrected chi connectivity index (χ3v) is 9.61. The Kier molecular flexibility index (Phi) is 11.4. The van der Waals surface area contributed by atoms with Crippen molar-refractivity contribution in [2.75, 3.05) is 77.2 Å². The number of morpholine rings is 2. The molecular weight excluding hydrogens is 560 g/mol. The quantitative estimate of drug-likeness (QED) is 0.272. The Balaban J connectivity index is 1.87. The standard InChI is InChI=1S/C20H31ClN2O8S4/c21-19-16(14-34(24,25)26)13-18(32-11-5-22-1-7-30-8-2-22)17(15-35(27,28)29)20(19)33-12-6-23-3-9-31-10-4-23/h13H,1-12,14-15H2,(H,24,25,26)(H,27,28,29). The van der Waals surface area contributed by atoms with Gasteiger partial charge in [-0.05, 0) is 17.2 Å². The number of hydrogen-bond donors (Lipinski definition) is 2. The number of ether oxygens (including phenoxy) is 2. The van der Waals surface area contributed by atoms with Crippen molar-refractivity contribution in [2.45, 2.75) is 21.3 Å². The van der Waals surface area contributed by atoms with E-state index in [1.807, 2.05) is 0 Å². The molecule has 0 amide bonds. The first-order valence-corrected chi connectivity index (χ1v) is 16.7. The van der Waals surface area contributed by atoms with Gasteiger partial charge in [-0.15, -0.1) is 23.5 Å². The molecule has 2 aliphatic rings. The van der Waals surface area contributed by atoms with E-state index in [9.17, 15) is 25.9 Å². The van der Waals surface area contributed by atoms with Gasteiger partial charge in [0.25, 0.3) is 20.2 Å². The highest BCUT2D eigenvalue weighted by atomic mass is 35.5. The van der Waals surface area contributed by atoms with Gasteiger partial charge in [-0.3, -0.25) is 18.9 Å². The topological polar surface area (TPSA) is 134 Å². The lowest BCUT2D eigenvalue weighted by molar-refractivity contribution is 0.0409. The van der Waals surface area contributed by atoms with Gasteiger partial charge in [0.2, 0.25) is 0 Å². The summed E-state index contributed by atoms with van der Waals surface area (Å²) >= 11 is 9.25. The molecule has 15 heteroatoms. The molecule has 2 aliphatic heterocycles. The average Bonchev–Trinajstić information content (AvgIpc) is 2.78. The highest BCUT2D eigenvalue weighted by Gasteiger charge is 2.24. The minimum Gasteiger partial charge on any atom is -0.379 e. The third-order valence-electron chi connectivity index (χ3n) is 5.55. The van der Waals surface area contributed by atoms with Crippen molar-refractivity contribution in [2.24, 2.45) is 0 Å². The van der Waals surface area contributed by atoms with Crippen LogP contribution in [0.3, 0.4) is 0 Å². The number of nitrogens with zero attached hydrogens (tertiary/aromatic N) is 2. The van der Waals surface area contributed by atoms with Crippen molar-refractivity contribution in [3.8, 4) is 0 Å². The van der Waals surface area contributed by atoms with Crippen LogP contribution in [0, 0.1) is 0 Å². The SMILES string of the molecule is O=S(=O)(O)Cc1cc(SCCN2CCOCC2)c(CS(=O)(=O)O)c(SCCN2CCOCC2)c1Cl. The van der Waals surface area contributed by atoms with E-state index in [1.54, 1.807) is 0 Å². The second-order valence-electron chi connectivity index (χ2n) is 8.21. The van der Waals surface area contributed by atoms with Crippen LogP contribution in [-0.2, 0) is 41.2 Å². The van der Waals surface area contributed by atoms with Crippen LogP contribution in [0.15, 0.2) is 15.9 Å². The van der Waals surface area contributed by atoms with E-state index in [2.05, 4.69) is 9.80 Å². The van der Waals surface area contributed by atoms with Gasteiger partial charge in [0.15, 0.2) is 0 Å². The van der Waals surface area contributed by atoms with E-state index in [0.717, 1.165) is 32.7 Å². The predicted molar refractivity (Wildman–Crippen MR) is 138 cm³/mol. The van der Waals surface area contributed by atoms with E-state index in [0.29, 0.717) is 59.8 Å². The third kappa shape index (κ3) is 10.3. The van der Waals surface area contributed by atoms with Crippen LogP contribution < -0.4 is 0 Å². The van der Waals surface area contributed by atoms with Crippen molar-refractivity contribution in [1.82, 2.24) is 9.80 Å². The molecule has 0 spiro atoms. The fourth-order valence-corrected chi connectivity index (χ4v) is 8.13. The van der Waals surface area contributed by atoms with E-state index < -0.39 is 31.7 Å². The second-order valence-corrected chi connectivity index (χ2v) is 13.7. The lowest BCUT2D eigenvalue weighted by atomic mass is 10.1. The normalized spacial score (nSPS) is 18.7. The van der Waals surface area contributed by atoms with Crippen molar-refractivity contribution < 1.29 is 35.4 Å². The summed E-state index contributed by atoms with van der Waals surface area (Å²) in [5.74, 6) is -0.139. The summed E-state index contributed by atoms with van der Waals surface area (Å²) in [6, 6.07) is 1.51. The second kappa shape index (κ2) is 13.6. The maximum Gasteiger partial charge on any atom is 0.269 e. The smallest absolute Gasteiger partial charge is 0.269 e. The summed E-state index contributed by atoms with van der Waals surface area (Å²) < 4.78 is 76.9. The highest BCUT2D eigenvalue weighted by Crippen LogP contribution is 2.41. The number of rotatable bonds is 12. The summed E-state index contributed by atoms with van der Waals surface area (Å²) in [5, 5.41) is 0.0748. The van der Waals surface area contributed by atoms with Crippen LogP contribution in [0.1, 0.15) is 11.1 Å². The van der Waals surface area contributed by atoms with Gasteiger partial charge in [0, 0.05) is 60.6 Å². The molecule has 0 aromatic heterocycles. The van der Waals surface area contributed by atoms with Gasteiger partial charge in [0.1, 0.15) is 11.5 Å². The average molecular weight is 591 g/mol. The Morgan fingerprint density at radius 1 is 0.829 bits per heavy atom. The summed E-state index contributed by atoms with van der Waals surface area (Å²) in [7, 11) is -8.76. The molecule has 200 valence electrons. The van der Waals surface area contributed by atoms with Crippen LogP contribution in [0.4, 0.5) is 0 Å². The summed E-state index contributed by atoms with van der Waals surface area (Å²) in [6.45, 7) is 7.22. The largest absolute Gasteiger partial charge is 0.379 e. The van der Waals surface area contributed by atoms with Gasteiger partial charge in [-0.2, -0.15) is 16.8 Å². The molecule has 10 nitrogen and oxygen atoms in total. The number of hydrogen-bond acceptors (Lipinski definition) is 10. The minimum atomic E-state index is -4.38. The molecule has 2 N–H and O–H groups in total. The Morgan fingerprint density at radius 2 is 1.31 bits per heavy atom. The lowest BCUT2D eigenvalue weighted by Crippen LogP contribution is -2.37. The van der Waals surface area contributed by atoms with E-state index in [-0.39, 0.29) is 10.6 Å². The molecule has 0 aliphatic carbocycles. The van der Waals surface area contributed by atoms with Crippen LogP contribution in [0.2, 0.25) is 5.02 Å². The molecule has 0 atom stereocenters. The lowest BCUT2D eigenvalue weighted by Gasteiger charge is -2.27. The predicted octanol–water partition coefficient (Wildman–Crippen LogP) is 1.96. The fraction of sp³-hybridized carbons (Fsp3) is 0.700. The zero-order valence-corrected chi connectivity index (χ0v) is 23.2. The van der Waals surface area contributed by atoms with Gasteiger partial charge < -0.3 is 9.47 Å². The van der Waals surface area contributed by atoms with Crippen LogP contribution in [0.25, 0.3) is 0 Å². The highest BCUT2D eigenvalue weighted by molar-refractivity contribution is 8.00. The van der Waals surface area contributed by atoms with Crippen LogP contribution in [0.5, 0.6) is 0 Å². The molecular formula is C20H31ClN2O8S4. The summed E-state index contributed by atoms with van der Waals surface area (Å²) in [4.78, 5) is 5.37. The number of halogens is 1. The summed E-state index contributed by atoms with van der Waals surface area (Å²) in [6.07, 6.45) is 0. The molecule has 0 bridgehead atoms. The van der Waals surface area contributed by atoms with Crippen molar-refractivity contribution in [3.63, 3.8) is 0 Å². The first-order valence-electron chi connectivity index (χ1n) is 11.1. The van der Waals surface area contributed by atoms with Crippen LogP contribution in [-0.4, -0.2) is 113 Å². The molecule has 2 fully saturated rings. The van der Waals surface area contributed by atoms with Crippen molar-refractivity contribution >= 4 is 55.4 Å². The van der Waals surface area contributed by atoms with E-state index >= 15 is 0 Å². The van der Waals surface area contributed by atoms with Gasteiger partial charge >= 0.3 is 0 Å². The maximum absolute atomic E-state index is 11.9. The molecule has 0 radical (unpaired) electrons. The van der Waals surface area contributed by atoms with E-state index in [1.165, 1.54) is 29.6 Å². The Bertz CT molecular complexity index is 1060. The van der Waals surface area contributed by atoms with Gasteiger partial charge in [0.05, 0.1) is 31.5 Å². The Morgan fingerprint density at radius 3 is 1.80 bits per heavy atom. The molecule has 2 saturated heterocycles. The zero-order valence-electron chi connectivity index (χ0n) is 19.2. The van der Waals surface area contributed by atoms with Gasteiger partial charge in [-0.1, -0.05) is 11.6 Å². The molecule has 1 aromatic rings. The molecule has 3 rings (SSSR count). The first kappa shape index (κ1) is 29.4. The maximum atomic E-state index is 11.9. The van der Waals surface area contributed by atoms with Crippen molar-refractivity contribution in [3.05, 3.63) is 22.2 Å².